The summed E-state index contributed by atoms with van der Waals surface area (Å²) in [5, 5.41) is 2.94. The molecule has 2 atom stereocenters. The van der Waals surface area contributed by atoms with Gasteiger partial charge in [-0.05, 0) is 50.5 Å². The number of carbonyl (C=O) groups excluding carboxylic acids is 2. The molecule has 2 amide bonds. The molecule has 132 valence electrons. The Morgan fingerprint density at radius 1 is 1.38 bits per heavy atom. The topological polar surface area (TPSA) is 58.6 Å². The van der Waals surface area contributed by atoms with E-state index in [1.165, 1.54) is 24.3 Å². The zero-order valence-electron chi connectivity index (χ0n) is 14.3. The summed E-state index contributed by atoms with van der Waals surface area (Å²) in [5.74, 6) is -0.620. The van der Waals surface area contributed by atoms with Gasteiger partial charge in [0.05, 0.1) is 0 Å². The van der Waals surface area contributed by atoms with Crippen molar-refractivity contribution in [1.29, 1.82) is 0 Å². The number of hydrogen-bond acceptors (Lipinski definition) is 3. The highest BCUT2D eigenvalue weighted by atomic mass is 19.1. The number of piperidine rings is 1. The van der Waals surface area contributed by atoms with E-state index in [9.17, 15) is 14.0 Å². The van der Waals surface area contributed by atoms with Crippen LogP contribution in [0.25, 0.3) is 0 Å². The number of ether oxygens (including phenoxy) is 1. The number of nitrogens with zero attached hydrogens (tertiary/aromatic N) is 1. The first-order valence-corrected chi connectivity index (χ1v) is 8.35. The molecule has 1 aliphatic rings. The van der Waals surface area contributed by atoms with Gasteiger partial charge in [-0.2, -0.15) is 0 Å². The second-order valence-corrected chi connectivity index (χ2v) is 6.29. The molecule has 0 aliphatic carbocycles. The molecule has 2 rings (SSSR count). The van der Waals surface area contributed by atoms with E-state index in [0.29, 0.717) is 25.3 Å². The first-order valence-electron chi connectivity index (χ1n) is 8.35. The molecule has 1 N–H and O–H groups in total. The van der Waals surface area contributed by atoms with Gasteiger partial charge in [-0.1, -0.05) is 0 Å². The number of urea groups is 1. The summed E-state index contributed by atoms with van der Waals surface area (Å²) in [6.07, 6.45) is 2.28. The predicted molar refractivity (Wildman–Crippen MR) is 89.5 cm³/mol. The zero-order valence-corrected chi connectivity index (χ0v) is 14.3. The Balaban J connectivity index is 1.92. The van der Waals surface area contributed by atoms with Gasteiger partial charge in [-0.15, -0.1) is 0 Å². The maximum Gasteiger partial charge on any atom is 0.317 e. The lowest BCUT2D eigenvalue weighted by Gasteiger charge is -2.33. The Bertz CT molecular complexity index is 562. The number of ketones is 1. The van der Waals surface area contributed by atoms with E-state index in [-0.39, 0.29) is 29.6 Å². The van der Waals surface area contributed by atoms with Gasteiger partial charge in [0.1, 0.15) is 5.82 Å². The summed E-state index contributed by atoms with van der Waals surface area (Å²) in [7, 11) is 1.63. The van der Waals surface area contributed by atoms with Crippen LogP contribution in [0, 0.1) is 11.7 Å². The van der Waals surface area contributed by atoms with Gasteiger partial charge in [0.2, 0.25) is 0 Å². The van der Waals surface area contributed by atoms with Gasteiger partial charge in [0.15, 0.2) is 5.78 Å². The number of Topliss-reactive ketones (excluding diaryl/α,β-unsaturated/α-hetero) is 1. The first kappa shape index (κ1) is 18.4. The average Bonchev–Trinajstić information content (AvgIpc) is 2.60. The van der Waals surface area contributed by atoms with Crippen LogP contribution in [0.3, 0.4) is 0 Å². The van der Waals surface area contributed by atoms with Crippen molar-refractivity contribution < 1.29 is 18.7 Å². The van der Waals surface area contributed by atoms with Crippen LogP contribution in [0.2, 0.25) is 0 Å². The van der Waals surface area contributed by atoms with E-state index in [0.717, 1.165) is 19.3 Å². The van der Waals surface area contributed by atoms with E-state index in [2.05, 4.69) is 5.32 Å². The summed E-state index contributed by atoms with van der Waals surface area (Å²) >= 11 is 0. The van der Waals surface area contributed by atoms with E-state index >= 15 is 0 Å². The summed E-state index contributed by atoms with van der Waals surface area (Å²) in [4.78, 5) is 26.6. The molecule has 0 unspecified atom stereocenters. The molecular formula is C18H25FN2O3. The molecule has 1 saturated heterocycles. The normalized spacial score (nSPS) is 19.0. The SMILES string of the molecule is COCC[C@@H](C)NC(=O)N1CCC[C@@H](C(=O)c2ccc(F)cc2)C1. The number of benzene rings is 1. The van der Waals surface area contributed by atoms with Gasteiger partial charge in [0.25, 0.3) is 0 Å². The molecule has 1 aliphatic heterocycles. The first-order chi connectivity index (χ1) is 11.5. The maximum absolute atomic E-state index is 13.0. The number of hydrogen-bond donors (Lipinski definition) is 1. The molecule has 0 saturated carbocycles. The molecule has 0 aromatic heterocycles. The van der Waals surface area contributed by atoms with Crippen LogP contribution in [0.4, 0.5) is 9.18 Å². The molecule has 1 heterocycles. The second-order valence-electron chi connectivity index (χ2n) is 6.29. The lowest BCUT2D eigenvalue weighted by Crippen LogP contribution is -2.49. The smallest absolute Gasteiger partial charge is 0.317 e. The number of carbonyl (C=O) groups is 2. The van der Waals surface area contributed by atoms with Gasteiger partial charge >= 0.3 is 6.03 Å². The summed E-state index contributed by atoms with van der Waals surface area (Å²) in [6, 6.07) is 5.46. The number of likely N-dealkylation sites (tertiary alicyclic amines) is 1. The quantitative estimate of drug-likeness (QED) is 0.813. The van der Waals surface area contributed by atoms with Gasteiger partial charge < -0.3 is 15.0 Å². The van der Waals surface area contributed by atoms with E-state index in [1.54, 1.807) is 12.0 Å². The van der Waals surface area contributed by atoms with Crippen molar-refractivity contribution in [2.24, 2.45) is 5.92 Å². The Morgan fingerprint density at radius 3 is 2.75 bits per heavy atom. The third-order valence-corrected chi connectivity index (χ3v) is 4.33. The van der Waals surface area contributed by atoms with Crippen molar-refractivity contribution in [3.8, 4) is 0 Å². The van der Waals surface area contributed by atoms with Crippen LogP contribution in [0.5, 0.6) is 0 Å². The van der Waals surface area contributed by atoms with Crippen molar-refractivity contribution in [3.63, 3.8) is 0 Å². The minimum Gasteiger partial charge on any atom is -0.385 e. The fraction of sp³-hybridized carbons (Fsp3) is 0.556. The summed E-state index contributed by atoms with van der Waals surface area (Å²) in [6.45, 7) is 3.57. The third-order valence-electron chi connectivity index (χ3n) is 4.33. The van der Waals surface area contributed by atoms with Gasteiger partial charge in [0, 0.05) is 44.3 Å². The maximum atomic E-state index is 13.0. The van der Waals surface area contributed by atoms with E-state index in [4.69, 9.17) is 4.74 Å². The van der Waals surface area contributed by atoms with Crippen LogP contribution in [0.15, 0.2) is 24.3 Å². The Hall–Kier alpha value is -1.95. The number of nitrogens with one attached hydrogen (secondary N) is 1. The lowest BCUT2D eigenvalue weighted by molar-refractivity contribution is 0.0844. The average molecular weight is 336 g/mol. The number of amides is 2. The number of methoxy groups -OCH3 is 1. The van der Waals surface area contributed by atoms with Crippen molar-refractivity contribution in [1.82, 2.24) is 10.2 Å². The highest BCUT2D eigenvalue weighted by molar-refractivity contribution is 5.98. The van der Waals surface area contributed by atoms with Gasteiger partial charge in [-0.25, -0.2) is 9.18 Å². The van der Waals surface area contributed by atoms with Crippen LogP contribution in [-0.2, 0) is 4.74 Å². The van der Waals surface area contributed by atoms with Crippen LogP contribution in [-0.4, -0.2) is 49.6 Å². The molecule has 1 aromatic carbocycles. The van der Waals surface area contributed by atoms with Crippen molar-refractivity contribution in [2.45, 2.75) is 32.2 Å². The standard InChI is InChI=1S/C18H25FN2O3/c1-13(9-11-24-2)20-18(23)21-10-3-4-15(12-21)17(22)14-5-7-16(19)8-6-14/h5-8,13,15H,3-4,9-12H2,1-2H3,(H,20,23)/t13-,15-/m1/s1. The fourth-order valence-corrected chi connectivity index (χ4v) is 2.89. The molecule has 0 spiro atoms. The second kappa shape index (κ2) is 8.78. The Labute approximate surface area is 142 Å². The molecule has 1 aromatic rings. The highest BCUT2D eigenvalue weighted by Crippen LogP contribution is 2.21. The van der Waals surface area contributed by atoms with Crippen molar-refractivity contribution in [2.75, 3.05) is 26.8 Å². The van der Waals surface area contributed by atoms with Gasteiger partial charge in [-0.3, -0.25) is 4.79 Å². The van der Waals surface area contributed by atoms with Crippen molar-refractivity contribution in [3.05, 3.63) is 35.6 Å². The molecule has 6 heteroatoms. The summed E-state index contributed by atoms with van der Waals surface area (Å²) < 4.78 is 18.0. The third kappa shape index (κ3) is 5.03. The predicted octanol–water partition coefficient (Wildman–Crippen LogP) is 2.86. The van der Waals surface area contributed by atoms with Crippen LogP contribution >= 0.6 is 0 Å². The fourth-order valence-electron chi connectivity index (χ4n) is 2.89. The molecule has 0 bridgehead atoms. The molecule has 24 heavy (non-hydrogen) atoms. The van der Waals surface area contributed by atoms with Crippen LogP contribution < -0.4 is 5.32 Å². The molecular weight excluding hydrogens is 311 g/mol. The number of halogens is 1. The highest BCUT2D eigenvalue weighted by Gasteiger charge is 2.29. The van der Waals surface area contributed by atoms with Crippen molar-refractivity contribution >= 4 is 11.8 Å². The van der Waals surface area contributed by atoms with Crippen LogP contribution in [0.1, 0.15) is 36.5 Å². The molecule has 5 nitrogen and oxygen atoms in total. The Morgan fingerprint density at radius 2 is 2.08 bits per heavy atom. The number of rotatable bonds is 6. The zero-order chi connectivity index (χ0) is 17.5. The largest absolute Gasteiger partial charge is 0.385 e. The Kier molecular flexibility index (Phi) is 6.73. The minimum atomic E-state index is -0.360. The van der Waals surface area contributed by atoms with E-state index in [1.807, 2.05) is 6.92 Å². The monoisotopic (exact) mass is 336 g/mol. The molecule has 1 fully saturated rings. The lowest BCUT2D eigenvalue weighted by atomic mass is 9.90. The van der Waals surface area contributed by atoms with E-state index < -0.39 is 0 Å². The summed E-state index contributed by atoms with van der Waals surface area (Å²) in [5.41, 5.74) is 0.497. The molecule has 0 radical (unpaired) electrons. The minimum absolute atomic E-state index is 0.0191.